The van der Waals surface area contributed by atoms with E-state index in [1.165, 1.54) is 19.2 Å². The first-order valence-electron chi connectivity index (χ1n) is 43.5. The molecule has 5 heterocycles. The highest BCUT2D eigenvalue weighted by atomic mass is 16.8. The maximum absolute atomic E-state index is 15.2. The average Bonchev–Trinajstić information content (AvgIpc) is 0.754. The standard InChI is InChI=1S/C98H103N9O26/c1-6-70-76(128-97-87(121-57-66-44-26-12-27-45-66)81(119-55-64-40-22-10-23-41-64)83(85(132-97)92(111)113-3)131-96-75(104-107-101)79(117-53-62-36-18-8-19-37-62)77(116-52-61-34-16-7-17-35-61)71(126-96)58-122-89(108)67-46-28-13-29-47-67)60(2)73(102-105-99)95(124-70)130-84-82(120-56-65-42-24-11-25-43-65)88(127-91(110)69-50-32-15-33-51-69)98(133-86(84)93(112)114-4)129-78-72(59-123-90(109)68-48-30-14-31-49-68)125-94(115-5)74(103-106-100)80(78)118-54-63-38-20-9-21-39-63/h7-51,60,70-88,94-98H,6,52-59H2,1-5H3/t60?,70?,71?,72?,73-,74-,75?,76-,77+,78+,79-,80?,81+,82-,83-,84-,85?,86?,87?,88?,94-,95+,96+,97-,98-/m1/s1. The zero-order chi connectivity index (χ0) is 92.8. The van der Waals surface area contributed by atoms with Crippen molar-refractivity contribution >= 4 is 29.8 Å². The van der Waals surface area contributed by atoms with E-state index in [0.29, 0.717) is 22.3 Å². The average molecular weight is 1820 g/mol. The van der Waals surface area contributed by atoms with E-state index in [2.05, 4.69) is 30.1 Å². The van der Waals surface area contributed by atoms with Gasteiger partial charge in [0.15, 0.2) is 49.8 Å². The van der Waals surface area contributed by atoms with Crippen molar-refractivity contribution < 1.29 is 123 Å². The Kier molecular flexibility index (Phi) is 35.5. The number of ether oxygens (including phenoxy) is 21. The minimum Gasteiger partial charge on any atom is -0.467 e. The van der Waals surface area contributed by atoms with Crippen LogP contribution in [0.2, 0.25) is 0 Å². The van der Waals surface area contributed by atoms with E-state index < -0.39 is 196 Å². The molecule has 25 atom stereocenters. The first-order chi connectivity index (χ1) is 65.2. The van der Waals surface area contributed by atoms with Crippen molar-refractivity contribution in [2.45, 2.75) is 207 Å². The molecule has 9 aromatic rings. The second kappa shape index (κ2) is 48.9. The fourth-order valence-electron chi connectivity index (χ4n) is 16.5. The quantitative estimate of drug-likeness (QED) is 0.0113. The van der Waals surface area contributed by atoms with E-state index in [1.54, 1.807) is 147 Å². The molecule has 10 unspecified atom stereocenters. The van der Waals surface area contributed by atoms with Crippen LogP contribution in [0.3, 0.4) is 0 Å². The molecule has 133 heavy (non-hydrogen) atoms. The van der Waals surface area contributed by atoms with Crippen LogP contribution in [0.25, 0.3) is 31.3 Å². The van der Waals surface area contributed by atoms with Crippen LogP contribution in [-0.4, -0.2) is 212 Å². The van der Waals surface area contributed by atoms with Gasteiger partial charge in [-0.15, -0.1) is 0 Å². The van der Waals surface area contributed by atoms with Crippen molar-refractivity contribution in [1.82, 2.24) is 0 Å². The Balaban J connectivity index is 0.834. The number of esters is 5. The number of hydrogen-bond donors (Lipinski definition) is 0. The van der Waals surface area contributed by atoms with E-state index in [1.807, 2.05) is 127 Å². The Hall–Kier alpha value is -12.4. The SMILES string of the molecule is CCC1O[C@@H](O[C@H]2C(C(=O)OC)O[C@@H](O[C@H]3C(COC(=O)c4ccccc4)O[C@@H](OC)[C@H](N=[N+]=[N-])C3OCc3ccccc3)C(OC(=O)c3ccccc3)[C@@H]2OCc2ccccc2)[C@H](N=[N+]=[N-])C(C)[C@H]1O[C@@H]1OC(C(=O)OC)[C@H](O[C@@H]2OC(COC(=O)c3ccccc3)[C@H](OCc3ccccc3)[C@H](OCc3ccccc3)C2N=[N+]=[N-])[C@H](OCc2ccccc2)C1OCc1ccccc1. The van der Waals surface area contributed by atoms with Crippen molar-refractivity contribution in [1.29, 1.82) is 0 Å². The van der Waals surface area contributed by atoms with Crippen molar-refractivity contribution in [2.75, 3.05) is 34.5 Å². The lowest BCUT2D eigenvalue weighted by Crippen LogP contribution is -2.68. The topological polar surface area (TPSA) is 425 Å². The maximum atomic E-state index is 15.2. The van der Waals surface area contributed by atoms with E-state index in [0.717, 1.165) is 25.3 Å². The predicted octanol–water partition coefficient (Wildman–Crippen LogP) is 14.7. The van der Waals surface area contributed by atoms with Crippen LogP contribution in [0, 0.1) is 5.92 Å². The number of azide groups is 3. The highest BCUT2D eigenvalue weighted by Gasteiger charge is 2.61. The van der Waals surface area contributed by atoms with Crippen LogP contribution in [0.5, 0.6) is 0 Å². The lowest BCUT2D eigenvalue weighted by Gasteiger charge is -2.51. The lowest BCUT2D eigenvalue weighted by atomic mass is 9.87. The molecular weight excluding hydrogens is 1720 g/mol. The molecule has 0 aromatic heterocycles. The van der Waals surface area contributed by atoms with Gasteiger partial charge in [-0.1, -0.05) is 266 Å². The second-order valence-corrected chi connectivity index (χ2v) is 31.7. The summed E-state index contributed by atoms with van der Waals surface area (Å²) in [5.74, 6) is -5.61. The zero-order valence-electron chi connectivity index (χ0n) is 73.4. The van der Waals surface area contributed by atoms with Crippen LogP contribution >= 0.6 is 0 Å². The molecule has 14 rings (SSSR count). The number of methoxy groups -OCH3 is 3. The van der Waals surface area contributed by atoms with Gasteiger partial charge in [0, 0.05) is 21.8 Å². The van der Waals surface area contributed by atoms with Crippen LogP contribution in [0.15, 0.2) is 288 Å². The monoisotopic (exact) mass is 1820 g/mol. The molecule has 0 bridgehead atoms. The molecule has 9 aromatic carbocycles. The molecular formula is C98H103N9O26. The Morgan fingerprint density at radius 1 is 0.308 bits per heavy atom. The van der Waals surface area contributed by atoms with E-state index in [9.17, 15) is 26.2 Å². The summed E-state index contributed by atoms with van der Waals surface area (Å²) in [4.78, 5) is 83.4. The highest BCUT2D eigenvalue weighted by Crippen LogP contribution is 2.44. The van der Waals surface area contributed by atoms with Crippen LogP contribution in [-0.2, 0) is 149 Å². The fraction of sp³-hybridized carbons (Fsp3) is 0.398. The Morgan fingerprint density at radius 2 is 0.602 bits per heavy atom. The predicted molar refractivity (Wildman–Crippen MR) is 471 cm³/mol. The minimum absolute atomic E-state index is 0.0236. The number of hydrogen-bond acceptors (Lipinski definition) is 29. The Morgan fingerprint density at radius 3 is 0.985 bits per heavy atom. The van der Waals surface area contributed by atoms with Crippen molar-refractivity contribution in [3.8, 4) is 0 Å². The summed E-state index contributed by atoms with van der Waals surface area (Å²) in [6.45, 7) is 1.55. The first kappa shape index (κ1) is 96.7. The minimum atomic E-state index is -1.98. The number of nitrogens with zero attached hydrogens (tertiary/aromatic N) is 9. The largest absolute Gasteiger partial charge is 0.467 e. The lowest BCUT2D eigenvalue weighted by molar-refractivity contribution is -0.378. The third-order valence-electron chi connectivity index (χ3n) is 23.2. The molecule has 0 N–H and O–H groups in total. The highest BCUT2D eigenvalue weighted by molar-refractivity contribution is 5.90. The molecule has 0 aliphatic carbocycles. The second-order valence-electron chi connectivity index (χ2n) is 31.7. The summed E-state index contributed by atoms with van der Waals surface area (Å²) < 4.78 is 141. The summed E-state index contributed by atoms with van der Waals surface area (Å²) in [5, 5.41) is 12.8. The van der Waals surface area contributed by atoms with Gasteiger partial charge in [-0.2, -0.15) is 0 Å². The summed E-state index contributed by atoms with van der Waals surface area (Å²) in [7, 11) is 3.55. The molecule has 696 valence electrons. The molecule has 0 amide bonds. The van der Waals surface area contributed by atoms with Gasteiger partial charge in [-0.05, 0) is 98.7 Å². The molecule has 5 aliphatic rings. The smallest absolute Gasteiger partial charge is 0.338 e. The molecule has 5 fully saturated rings. The number of carbonyl (C=O) groups is 5. The van der Waals surface area contributed by atoms with Crippen molar-refractivity contribution in [3.63, 3.8) is 0 Å². The Bertz CT molecular complexity index is 5310. The van der Waals surface area contributed by atoms with Gasteiger partial charge in [0.25, 0.3) is 0 Å². The van der Waals surface area contributed by atoms with E-state index in [4.69, 9.17) is 99.5 Å². The summed E-state index contributed by atoms with van der Waals surface area (Å²) in [5.41, 5.74) is 36.4. The number of rotatable bonds is 41. The van der Waals surface area contributed by atoms with E-state index >= 15 is 14.4 Å². The van der Waals surface area contributed by atoms with Gasteiger partial charge in [0.05, 0.1) is 88.8 Å². The number of carbonyl (C=O) groups excluding carboxylic acids is 5. The summed E-state index contributed by atoms with van der Waals surface area (Å²) in [6, 6.07) is 74.5. The normalized spacial score (nSPS) is 28.4. The van der Waals surface area contributed by atoms with Gasteiger partial charge in [0.2, 0.25) is 0 Å². The first-order valence-corrected chi connectivity index (χ1v) is 43.5. The third-order valence-corrected chi connectivity index (χ3v) is 23.2. The molecule has 0 saturated carbocycles. The third kappa shape index (κ3) is 25.1. The van der Waals surface area contributed by atoms with Gasteiger partial charge < -0.3 is 99.5 Å². The van der Waals surface area contributed by atoms with Crippen LogP contribution in [0.4, 0.5) is 0 Å². The van der Waals surface area contributed by atoms with Crippen LogP contribution < -0.4 is 0 Å². The Labute approximate surface area is 767 Å². The fourth-order valence-corrected chi connectivity index (χ4v) is 16.5. The summed E-state index contributed by atoms with van der Waals surface area (Å²) in [6.07, 6.45) is -32.9. The molecule has 35 nitrogen and oxygen atoms in total. The zero-order valence-corrected chi connectivity index (χ0v) is 73.4. The van der Waals surface area contributed by atoms with Crippen molar-refractivity contribution in [3.05, 3.63) is 354 Å². The molecule has 35 heteroatoms. The van der Waals surface area contributed by atoms with Crippen LogP contribution in [0.1, 0.15) is 84.7 Å². The molecule has 0 radical (unpaired) electrons. The number of benzene rings is 9. The molecule has 0 spiro atoms. The maximum Gasteiger partial charge on any atom is 0.338 e. The van der Waals surface area contributed by atoms with Gasteiger partial charge in [-0.3, -0.25) is 0 Å². The molecule has 5 aliphatic heterocycles. The molecule has 5 saturated heterocycles. The van der Waals surface area contributed by atoms with Gasteiger partial charge in [-0.25, -0.2) is 24.0 Å². The summed E-state index contributed by atoms with van der Waals surface area (Å²) >= 11 is 0. The van der Waals surface area contributed by atoms with Crippen molar-refractivity contribution in [2.24, 2.45) is 21.3 Å². The van der Waals surface area contributed by atoms with Gasteiger partial charge >= 0.3 is 29.8 Å². The van der Waals surface area contributed by atoms with Gasteiger partial charge in [0.1, 0.15) is 92.4 Å². The van der Waals surface area contributed by atoms with E-state index in [-0.39, 0.29) is 62.8 Å².